The SMILES string of the molecule is O=C1CC(NCc2ccccc2C(=O)O)CN1. The van der Waals surface area contributed by atoms with Crippen LogP contribution >= 0.6 is 0 Å². The van der Waals surface area contributed by atoms with Crippen molar-refractivity contribution >= 4 is 11.9 Å². The topological polar surface area (TPSA) is 78.4 Å². The third kappa shape index (κ3) is 2.82. The van der Waals surface area contributed by atoms with Crippen molar-refractivity contribution in [3.63, 3.8) is 0 Å². The molecule has 90 valence electrons. The number of benzene rings is 1. The van der Waals surface area contributed by atoms with E-state index in [0.29, 0.717) is 25.1 Å². The smallest absolute Gasteiger partial charge is 0.336 e. The Morgan fingerprint density at radius 2 is 2.24 bits per heavy atom. The number of rotatable bonds is 4. The monoisotopic (exact) mass is 234 g/mol. The van der Waals surface area contributed by atoms with E-state index in [9.17, 15) is 9.59 Å². The Morgan fingerprint density at radius 3 is 2.88 bits per heavy atom. The van der Waals surface area contributed by atoms with E-state index in [-0.39, 0.29) is 11.9 Å². The molecule has 1 fully saturated rings. The normalized spacial score (nSPS) is 19.1. The summed E-state index contributed by atoms with van der Waals surface area (Å²) in [6, 6.07) is 6.96. The lowest BCUT2D eigenvalue weighted by molar-refractivity contribution is -0.119. The van der Waals surface area contributed by atoms with Gasteiger partial charge in [-0.1, -0.05) is 18.2 Å². The zero-order valence-electron chi connectivity index (χ0n) is 9.27. The minimum Gasteiger partial charge on any atom is -0.478 e. The number of carboxylic acid groups (broad SMARTS) is 1. The fraction of sp³-hybridized carbons (Fsp3) is 0.333. The van der Waals surface area contributed by atoms with Gasteiger partial charge >= 0.3 is 5.97 Å². The van der Waals surface area contributed by atoms with Crippen molar-refractivity contribution in [2.24, 2.45) is 0 Å². The standard InChI is InChI=1S/C12H14N2O3/c15-11-5-9(7-14-11)13-6-8-3-1-2-4-10(8)12(16)17/h1-4,9,13H,5-7H2,(H,14,15)(H,16,17). The second-order valence-corrected chi connectivity index (χ2v) is 4.05. The molecule has 1 aromatic carbocycles. The van der Waals surface area contributed by atoms with Gasteiger partial charge < -0.3 is 15.7 Å². The molecule has 0 aliphatic carbocycles. The number of amides is 1. The molecular formula is C12H14N2O3. The summed E-state index contributed by atoms with van der Waals surface area (Å²) < 4.78 is 0. The summed E-state index contributed by atoms with van der Waals surface area (Å²) in [5.74, 6) is -0.892. The predicted octanol–water partition coefficient (Wildman–Crippen LogP) is 0.363. The Balaban J connectivity index is 1.99. The molecule has 3 N–H and O–H groups in total. The first-order chi connectivity index (χ1) is 8.16. The van der Waals surface area contributed by atoms with Crippen molar-refractivity contribution in [3.05, 3.63) is 35.4 Å². The third-order valence-electron chi connectivity index (χ3n) is 2.81. The van der Waals surface area contributed by atoms with Crippen molar-refractivity contribution in [1.82, 2.24) is 10.6 Å². The maximum absolute atomic E-state index is 11.0. The molecule has 1 saturated heterocycles. The van der Waals surface area contributed by atoms with E-state index in [2.05, 4.69) is 10.6 Å². The highest BCUT2D eigenvalue weighted by molar-refractivity contribution is 5.89. The fourth-order valence-electron chi connectivity index (χ4n) is 1.89. The van der Waals surface area contributed by atoms with Gasteiger partial charge in [0.2, 0.25) is 5.91 Å². The summed E-state index contributed by atoms with van der Waals surface area (Å²) in [4.78, 5) is 22.0. The van der Waals surface area contributed by atoms with Crippen LogP contribution in [0.4, 0.5) is 0 Å². The molecule has 17 heavy (non-hydrogen) atoms. The maximum Gasteiger partial charge on any atom is 0.336 e. The third-order valence-corrected chi connectivity index (χ3v) is 2.81. The molecule has 1 amide bonds. The number of hydrogen-bond donors (Lipinski definition) is 3. The molecule has 1 atom stereocenters. The van der Waals surface area contributed by atoms with Crippen molar-refractivity contribution in [1.29, 1.82) is 0 Å². The van der Waals surface area contributed by atoms with Crippen LogP contribution in [0, 0.1) is 0 Å². The fourth-order valence-corrected chi connectivity index (χ4v) is 1.89. The average molecular weight is 234 g/mol. The van der Waals surface area contributed by atoms with E-state index in [1.165, 1.54) is 0 Å². The van der Waals surface area contributed by atoms with Gasteiger partial charge in [0, 0.05) is 25.6 Å². The summed E-state index contributed by atoms with van der Waals surface area (Å²) in [5, 5.41) is 14.9. The van der Waals surface area contributed by atoms with E-state index in [0.717, 1.165) is 5.56 Å². The highest BCUT2D eigenvalue weighted by Crippen LogP contribution is 2.09. The quantitative estimate of drug-likeness (QED) is 0.703. The van der Waals surface area contributed by atoms with Crippen LogP contribution in [0.15, 0.2) is 24.3 Å². The molecule has 1 unspecified atom stereocenters. The Bertz CT molecular complexity index is 445. The highest BCUT2D eigenvalue weighted by atomic mass is 16.4. The van der Waals surface area contributed by atoms with E-state index in [4.69, 9.17) is 5.11 Å². The van der Waals surface area contributed by atoms with Gasteiger partial charge in [0.15, 0.2) is 0 Å². The first-order valence-corrected chi connectivity index (χ1v) is 5.48. The van der Waals surface area contributed by atoms with E-state index in [1.807, 2.05) is 6.07 Å². The van der Waals surface area contributed by atoms with Gasteiger partial charge in [-0.3, -0.25) is 4.79 Å². The molecule has 1 aliphatic rings. The van der Waals surface area contributed by atoms with Crippen molar-refractivity contribution < 1.29 is 14.7 Å². The van der Waals surface area contributed by atoms with E-state index >= 15 is 0 Å². The minimum absolute atomic E-state index is 0.0361. The molecule has 0 aromatic heterocycles. The molecule has 1 aliphatic heterocycles. The predicted molar refractivity (Wildman–Crippen MR) is 61.7 cm³/mol. The summed E-state index contributed by atoms with van der Waals surface area (Å²) in [6.45, 7) is 1.07. The summed E-state index contributed by atoms with van der Waals surface area (Å²) in [5.41, 5.74) is 1.04. The van der Waals surface area contributed by atoms with Crippen LogP contribution in [-0.4, -0.2) is 29.6 Å². The first-order valence-electron chi connectivity index (χ1n) is 5.48. The van der Waals surface area contributed by atoms with Gasteiger partial charge in [-0.25, -0.2) is 4.79 Å². The van der Waals surface area contributed by atoms with Crippen LogP contribution in [-0.2, 0) is 11.3 Å². The van der Waals surface area contributed by atoms with Crippen molar-refractivity contribution in [2.45, 2.75) is 19.0 Å². The zero-order chi connectivity index (χ0) is 12.3. The molecule has 5 heteroatoms. The van der Waals surface area contributed by atoms with Gasteiger partial charge in [0.05, 0.1) is 5.56 Å². The number of carbonyl (C=O) groups is 2. The van der Waals surface area contributed by atoms with Crippen molar-refractivity contribution in [2.75, 3.05) is 6.54 Å². The molecule has 5 nitrogen and oxygen atoms in total. The number of hydrogen-bond acceptors (Lipinski definition) is 3. The Hall–Kier alpha value is -1.88. The largest absolute Gasteiger partial charge is 0.478 e. The number of carboxylic acids is 1. The van der Waals surface area contributed by atoms with Gasteiger partial charge in [0.1, 0.15) is 0 Å². The van der Waals surface area contributed by atoms with Gasteiger partial charge in [-0.05, 0) is 11.6 Å². The number of carbonyl (C=O) groups excluding carboxylic acids is 1. The van der Waals surface area contributed by atoms with Crippen LogP contribution in [0.1, 0.15) is 22.3 Å². The molecule has 0 radical (unpaired) electrons. The molecule has 2 rings (SSSR count). The Labute approximate surface area is 98.8 Å². The zero-order valence-corrected chi connectivity index (χ0v) is 9.27. The lowest BCUT2D eigenvalue weighted by atomic mass is 10.1. The number of aromatic carboxylic acids is 1. The molecular weight excluding hydrogens is 220 g/mol. The lowest BCUT2D eigenvalue weighted by Gasteiger charge is -2.11. The summed E-state index contributed by atoms with van der Waals surface area (Å²) in [7, 11) is 0. The van der Waals surface area contributed by atoms with Crippen LogP contribution in [0.3, 0.4) is 0 Å². The summed E-state index contributed by atoms with van der Waals surface area (Å²) >= 11 is 0. The van der Waals surface area contributed by atoms with Crippen molar-refractivity contribution in [3.8, 4) is 0 Å². The molecule has 1 aromatic rings. The van der Waals surface area contributed by atoms with E-state index < -0.39 is 5.97 Å². The molecule has 0 bridgehead atoms. The second kappa shape index (κ2) is 4.97. The van der Waals surface area contributed by atoms with Crippen LogP contribution in [0.2, 0.25) is 0 Å². The average Bonchev–Trinajstić information content (AvgIpc) is 2.73. The van der Waals surface area contributed by atoms with Crippen LogP contribution in [0.5, 0.6) is 0 Å². The second-order valence-electron chi connectivity index (χ2n) is 4.05. The van der Waals surface area contributed by atoms with Gasteiger partial charge in [0.25, 0.3) is 0 Å². The maximum atomic E-state index is 11.0. The molecule has 0 saturated carbocycles. The summed E-state index contributed by atoms with van der Waals surface area (Å²) in [6.07, 6.45) is 0.454. The van der Waals surface area contributed by atoms with Crippen LogP contribution in [0.25, 0.3) is 0 Å². The Morgan fingerprint density at radius 1 is 1.47 bits per heavy atom. The minimum atomic E-state index is -0.928. The first kappa shape index (κ1) is 11.6. The number of nitrogens with one attached hydrogen (secondary N) is 2. The molecule has 0 spiro atoms. The molecule has 1 heterocycles. The highest BCUT2D eigenvalue weighted by Gasteiger charge is 2.21. The van der Waals surface area contributed by atoms with Gasteiger partial charge in [-0.15, -0.1) is 0 Å². The lowest BCUT2D eigenvalue weighted by Crippen LogP contribution is -2.30. The van der Waals surface area contributed by atoms with Gasteiger partial charge in [-0.2, -0.15) is 0 Å². The Kier molecular flexibility index (Phi) is 3.39. The van der Waals surface area contributed by atoms with E-state index in [1.54, 1.807) is 18.2 Å². The van der Waals surface area contributed by atoms with Crippen LogP contribution < -0.4 is 10.6 Å².